The van der Waals surface area contributed by atoms with Crippen LogP contribution in [0, 0.1) is 17.8 Å². The highest BCUT2D eigenvalue weighted by Gasteiger charge is 2.45. The van der Waals surface area contributed by atoms with Gasteiger partial charge in [0.15, 0.2) is 0 Å². The molecular formula is C14H24N2O. The van der Waals surface area contributed by atoms with Gasteiger partial charge in [0.25, 0.3) is 0 Å². The van der Waals surface area contributed by atoms with Crippen molar-refractivity contribution < 1.29 is 5.11 Å². The maximum atomic E-state index is 11.1. The molecule has 1 aromatic heterocycles. The fraction of sp³-hybridized carbons (Fsp3) is 0.786. The Balaban J connectivity index is 2.35. The van der Waals surface area contributed by atoms with Gasteiger partial charge in [0.05, 0.1) is 5.69 Å². The minimum Gasteiger partial charge on any atom is -0.383 e. The summed E-state index contributed by atoms with van der Waals surface area (Å²) in [5.74, 6) is 1.40. The SMILES string of the molecule is CC1CCC(C(C)C)C(O)(c2ccn(C)n2)C1. The van der Waals surface area contributed by atoms with Gasteiger partial charge >= 0.3 is 0 Å². The van der Waals surface area contributed by atoms with E-state index in [4.69, 9.17) is 0 Å². The van der Waals surface area contributed by atoms with Crippen LogP contribution in [0.2, 0.25) is 0 Å². The lowest BCUT2D eigenvalue weighted by Crippen LogP contribution is -2.43. The van der Waals surface area contributed by atoms with E-state index < -0.39 is 5.60 Å². The third kappa shape index (κ3) is 2.25. The van der Waals surface area contributed by atoms with Gasteiger partial charge in [-0.25, -0.2) is 0 Å². The first-order valence-corrected chi connectivity index (χ1v) is 6.66. The van der Waals surface area contributed by atoms with Crippen LogP contribution in [-0.4, -0.2) is 14.9 Å². The predicted molar refractivity (Wildman–Crippen MR) is 68.4 cm³/mol. The van der Waals surface area contributed by atoms with Gasteiger partial charge in [-0.05, 0) is 36.7 Å². The van der Waals surface area contributed by atoms with E-state index in [0.29, 0.717) is 17.8 Å². The van der Waals surface area contributed by atoms with Gasteiger partial charge in [0.2, 0.25) is 0 Å². The molecule has 3 unspecified atom stereocenters. The summed E-state index contributed by atoms with van der Waals surface area (Å²) >= 11 is 0. The summed E-state index contributed by atoms with van der Waals surface area (Å²) in [4.78, 5) is 0. The molecule has 0 saturated heterocycles. The molecule has 96 valence electrons. The zero-order chi connectivity index (χ0) is 12.6. The minimum atomic E-state index is -0.729. The van der Waals surface area contributed by atoms with Crippen molar-refractivity contribution in [1.29, 1.82) is 0 Å². The lowest BCUT2D eigenvalue weighted by Gasteiger charge is -2.43. The zero-order valence-electron chi connectivity index (χ0n) is 11.3. The van der Waals surface area contributed by atoms with Gasteiger partial charge < -0.3 is 5.11 Å². The fourth-order valence-corrected chi connectivity index (χ4v) is 3.31. The molecule has 1 fully saturated rings. The molecule has 3 nitrogen and oxygen atoms in total. The fourth-order valence-electron chi connectivity index (χ4n) is 3.31. The third-order valence-electron chi connectivity index (χ3n) is 4.21. The molecule has 0 bridgehead atoms. The summed E-state index contributed by atoms with van der Waals surface area (Å²) < 4.78 is 1.78. The van der Waals surface area contributed by atoms with Gasteiger partial charge in [-0.3, -0.25) is 4.68 Å². The maximum Gasteiger partial charge on any atom is 0.112 e. The molecule has 3 atom stereocenters. The second-order valence-corrected chi connectivity index (χ2v) is 6.04. The molecular weight excluding hydrogens is 212 g/mol. The van der Waals surface area contributed by atoms with E-state index >= 15 is 0 Å². The number of aryl methyl sites for hydroxylation is 1. The third-order valence-corrected chi connectivity index (χ3v) is 4.21. The van der Waals surface area contributed by atoms with E-state index in [1.807, 2.05) is 19.3 Å². The second-order valence-electron chi connectivity index (χ2n) is 6.04. The first kappa shape index (κ1) is 12.6. The highest BCUT2D eigenvalue weighted by molar-refractivity contribution is 5.14. The Hall–Kier alpha value is -0.830. The molecule has 1 N–H and O–H groups in total. The van der Waals surface area contributed by atoms with E-state index in [0.717, 1.165) is 18.5 Å². The molecule has 1 saturated carbocycles. The van der Waals surface area contributed by atoms with Crippen LogP contribution in [0.15, 0.2) is 12.3 Å². The Morgan fingerprint density at radius 2 is 2.18 bits per heavy atom. The zero-order valence-corrected chi connectivity index (χ0v) is 11.3. The van der Waals surface area contributed by atoms with E-state index in [1.54, 1.807) is 4.68 Å². The van der Waals surface area contributed by atoms with Crippen molar-refractivity contribution in [3.8, 4) is 0 Å². The molecule has 1 aliphatic rings. The molecule has 0 aliphatic heterocycles. The number of hydrogen-bond acceptors (Lipinski definition) is 2. The van der Waals surface area contributed by atoms with E-state index in [2.05, 4.69) is 25.9 Å². The highest BCUT2D eigenvalue weighted by atomic mass is 16.3. The van der Waals surface area contributed by atoms with Crippen LogP contribution in [0.4, 0.5) is 0 Å². The van der Waals surface area contributed by atoms with Crippen molar-refractivity contribution >= 4 is 0 Å². The normalized spacial score (nSPS) is 34.2. The van der Waals surface area contributed by atoms with Crippen molar-refractivity contribution in [3.05, 3.63) is 18.0 Å². The molecule has 2 rings (SSSR count). The summed E-state index contributed by atoms with van der Waals surface area (Å²) in [6.45, 7) is 6.63. The van der Waals surface area contributed by atoms with Crippen molar-refractivity contribution in [3.63, 3.8) is 0 Å². The van der Waals surface area contributed by atoms with Crippen molar-refractivity contribution in [2.45, 2.75) is 45.6 Å². The minimum absolute atomic E-state index is 0.327. The van der Waals surface area contributed by atoms with Crippen LogP contribution in [0.1, 0.15) is 45.7 Å². The van der Waals surface area contributed by atoms with E-state index in [9.17, 15) is 5.11 Å². The number of nitrogens with zero attached hydrogens (tertiary/aromatic N) is 2. The van der Waals surface area contributed by atoms with E-state index in [1.165, 1.54) is 6.42 Å². The Morgan fingerprint density at radius 3 is 2.71 bits per heavy atom. The highest BCUT2D eigenvalue weighted by Crippen LogP contribution is 2.46. The Morgan fingerprint density at radius 1 is 1.47 bits per heavy atom. The summed E-state index contributed by atoms with van der Waals surface area (Å²) in [6.07, 6.45) is 5.08. The lowest BCUT2D eigenvalue weighted by atomic mass is 9.66. The summed E-state index contributed by atoms with van der Waals surface area (Å²) in [6, 6.07) is 1.97. The van der Waals surface area contributed by atoms with Crippen LogP contribution < -0.4 is 0 Å². The standard InChI is InChI=1S/C14H24N2O/c1-10(2)12-6-5-11(3)9-14(12,17)13-7-8-16(4)15-13/h7-8,10-12,17H,5-6,9H2,1-4H3. The van der Waals surface area contributed by atoms with Crippen molar-refractivity contribution in [2.75, 3.05) is 0 Å². The molecule has 0 amide bonds. The van der Waals surface area contributed by atoms with Crippen LogP contribution in [0.3, 0.4) is 0 Å². The number of aliphatic hydroxyl groups is 1. The van der Waals surface area contributed by atoms with Crippen LogP contribution >= 0.6 is 0 Å². The van der Waals surface area contributed by atoms with Crippen LogP contribution in [0.5, 0.6) is 0 Å². The molecule has 17 heavy (non-hydrogen) atoms. The topological polar surface area (TPSA) is 38.0 Å². The second kappa shape index (κ2) is 4.45. The smallest absolute Gasteiger partial charge is 0.112 e. The van der Waals surface area contributed by atoms with Crippen LogP contribution in [0.25, 0.3) is 0 Å². The summed E-state index contributed by atoms with van der Waals surface area (Å²) in [7, 11) is 1.91. The summed E-state index contributed by atoms with van der Waals surface area (Å²) in [5, 5.41) is 15.5. The summed E-state index contributed by atoms with van der Waals surface area (Å²) in [5.41, 5.74) is 0.123. The largest absolute Gasteiger partial charge is 0.383 e. The van der Waals surface area contributed by atoms with Crippen LogP contribution in [-0.2, 0) is 12.6 Å². The average molecular weight is 236 g/mol. The maximum absolute atomic E-state index is 11.1. The monoisotopic (exact) mass is 236 g/mol. The molecule has 0 spiro atoms. The first-order chi connectivity index (χ1) is 7.93. The number of hydrogen-bond donors (Lipinski definition) is 1. The van der Waals surface area contributed by atoms with Gasteiger partial charge in [0.1, 0.15) is 5.60 Å². The number of rotatable bonds is 2. The van der Waals surface area contributed by atoms with Crippen molar-refractivity contribution in [1.82, 2.24) is 9.78 Å². The average Bonchev–Trinajstić information content (AvgIpc) is 2.64. The quantitative estimate of drug-likeness (QED) is 0.857. The molecule has 1 aromatic rings. The van der Waals surface area contributed by atoms with Gasteiger partial charge in [-0.1, -0.05) is 27.2 Å². The first-order valence-electron chi connectivity index (χ1n) is 6.66. The molecule has 1 heterocycles. The Labute approximate surface area is 104 Å². The lowest BCUT2D eigenvalue weighted by molar-refractivity contribution is -0.0899. The van der Waals surface area contributed by atoms with E-state index in [-0.39, 0.29) is 0 Å². The van der Waals surface area contributed by atoms with Crippen molar-refractivity contribution in [2.24, 2.45) is 24.8 Å². The molecule has 0 aromatic carbocycles. The van der Waals surface area contributed by atoms with Gasteiger partial charge in [-0.15, -0.1) is 0 Å². The Bertz CT molecular complexity index is 385. The molecule has 0 radical (unpaired) electrons. The molecule has 3 heteroatoms. The van der Waals surface area contributed by atoms with Gasteiger partial charge in [0, 0.05) is 13.2 Å². The molecule has 1 aliphatic carbocycles. The number of aromatic nitrogens is 2. The predicted octanol–water partition coefficient (Wildman–Crippen LogP) is 2.70. The van der Waals surface area contributed by atoms with Gasteiger partial charge in [-0.2, -0.15) is 5.10 Å². The Kier molecular flexibility index (Phi) is 3.30.